The maximum absolute atomic E-state index is 11.9. The molecule has 5 nitrogen and oxygen atoms in total. The van der Waals surface area contributed by atoms with Crippen molar-refractivity contribution in [3.8, 4) is 5.75 Å². The van der Waals surface area contributed by atoms with Crippen LogP contribution in [0.25, 0.3) is 0 Å². The molecule has 2 N–H and O–H groups in total. The van der Waals surface area contributed by atoms with Gasteiger partial charge in [-0.2, -0.15) is 0 Å². The zero-order valence-corrected chi connectivity index (χ0v) is 13.5. The van der Waals surface area contributed by atoms with E-state index in [-0.39, 0.29) is 11.8 Å². The summed E-state index contributed by atoms with van der Waals surface area (Å²) < 4.78 is 5.09. The van der Waals surface area contributed by atoms with Crippen LogP contribution in [0.15, 0.2) is 24.3 Å². The number of rotatable bonds is 9. The van der Waals surface area contributed by atoms with E-state index in [0.717, 1.165) is 17.7 Å². The zero-order chi connectivity index (χ0) is 16.5. The van der Waals surface area contributed by atoms with E-state index in [0.29, 0.717) is 19.3 Å². The molecule has 0 aromatic heterocycles. The van der Waals surface area contributed by atoms with Crippen molar-refractivity contribution in [2.75, 3.05) is 7.11 Å². The molecule has 0 bridgehead atoms. The van der Waals surface area contributed by atoms with Gasteiger partial charge in [0.1, 0.15) is 11.8 Å². The van der Waals surface area contributed by atoms with Crippen molar-refractivity contribution in [1.29, 1.82) is 0 Å². The first-order valence-electron chi connectivity index (χ1n) is 7.63. The first-order valence-corrected chi connectivity index (χ1v) is 7.63. The second-order valence-corrected chi connectivity index (χ2v) is 5.47. The molecular weight excluding hydrogens is 282 g/mol. The quantitative estimate of drug-likeness (QED) is 0.735. The summed E-state index contributed by atoms with van der Waals surface area (Å²) >= 11 is 0. The number of carbonyl (C=O) groups excluding carboxylic acids is 1. The molecule has 0 saturated heterocycles. The highest BCUT2D eigenvalue weighted by Gasteiger charge is 2.24. The lowest BCUT2D eigenvalue weighted by Gasteiger charge is -2.20. The summed E-state index contributed by atoms with van der Waals surface area (Å²) in [5, 5.41) is 11.8. The van der Waals surface area contributed by atoms with Gasteiger partial charge < -0.3 is 15.2 Å². The maximum atomic E-state index is 11.9. The third kappa shape index (κ3) is 5.76. The first kappa shape index (κ1) is 18.0. The molecular formula is C17H25NO4. The minimum Gasteiger partial charge on any atom is -0.497 e. The van der Waals surface area contributed by atoms with Crippen LogP contribution in [0, 0.1) is 5.92 Å². The standard InChI is InChI=1S/C17H25NO4/c1-4-12(2)16(17(20)21)18-15(19)7-5-6-13-8-10-14(22-3)11-9-13/h8-12,16H,4-7H2,1-3H3,(H,18,19)(H,20,21). The van der Waals surface area contributed by atoms with E-state index in [2.05, 4.69) is 5.32 Å². The second-order valence-electron chi connectivity index (χ2n) is 5.47. The van der Waals surface area contributed by atoms with Crippen LogP contribution in [-0.2, 0) is 16.0 Å². The number of ether oxygens (including phenoxy) is 1. The Morgan fingerprint density at radius 3 is 2.41 bits per heavy atom. The normalized spacial score (nSPS) is 13.2. The number of carbonyl (C=O) groups is 2. The number of hydrogen-bond donors (Lipinski definition) is 2. The zero-order valence-electron chi connectivity index (χ0n) is 13.5. The molecule has 2 atom stereocenters. The van der Waals surface area contributed by atoms with Gasteiger partial charge in [-0.05, 0) is 36.5 Å². The van der Waals surface area contributed by atoms with Gasteiger partial charge in [0.2, 0.25) is 5.91 Å². The fourth-order valence-corrected chi connectivity index (χ4v) is 2.17. The highest BCUT2D eigenvalue weighted by Crippen LogP contribution is 2.13. The molecule has 122 valence electrons. The topological polar surface area (TPSA) is 75.6 Å². The van der Waals surface area contributed by atoms with Gasteiger partial charge in [-0.15, -0.1) is 0 Å². The van der Waals surface area contributed by atoms with Crippen LogP contribution < -0.4 is 10.1 Å². The van der Waals surface area contributed by atoms with Gasteiger partial charge in [0.05, 0.1) is 7.11 Å². The third-order valence-electron chi connectivity index (χ3n) is 3.82. The van der Waals surface area contributed by atoms with E-state index in [1.807, 2.05) is 38.1 Å². The molecule has 0 spiro atoms. The lowest BCUT2D eigenvalue weighted by molar-refractivity contribution is -0.143. The highest BCUT2D eigenvalue weighted by atomic mass is 16.5. The van der Waals surface area contributed by atoms with E-state index in [1.54, 1.807) is 7.11 Å². The van der Waals surface area contributed by atoms with Crippen molar-refractivity contribution < 1.29 is 19.4 Å². The predicted octanol–water partition coefficient (Wildman–Crippen LogP) is 2.63. The minimum absolute atomic E-state index is 0.0805. The molecule has 0 aliphatic heterocycles. The number of benzene rings is 1. The molecule has 0 heterocycles. The van der Waals surface area contributed by atoms with Gasteiger partial charge in [0.25, 0.3) is 0 Å². The molecule has 22 heavy (non-hydrogen) atoms. The summed E-state index contributed by atoms with van der Waals surface area (Å²) in [5.41, 5.74) is 1.13. The summed E-state index contributed by atoms with van der Waals surface area (Å²) in [5.74, 6) is -0.457. The van der Waals surface area contributed by atoms with Crippen molar-refractivity contribution in [1.82, 2.24) is 5.32 Å². The molecule has 5 heteroatoms. The molecule has 0 radical (unpaired) electrons. The first-order chi connectivity index (χ1) is 10.5. The SMILES string of the molecule is CCC(C)C(NC(=O)CCCc1ccc(OC)cc1)C(=O)O. The van der Waals surface area contributed by atoms with Crippen molar-refractivity contribution in [3.05, 3.63) is 29.8 Å². The Hall–Kier alpha value is -2.04. The van der Waals surface area contributed by atoms with E-state index in [4.69, 9.17) is 9.84 Å². The average Bonchev–Trinajstić information content (AvgIpc) is 2.52. The molecule has 0 fully saturated rings. The Balaban J connectivity index is 2.39. The highest BCUT2D eigenvalue weighted by molar-refractivity contribution is 5.83. The molecule has 1 aromatic rings. The smallest absolute Gasteiger partial charge is 0.326 e. The largest absolute Gasteiger partial charge is 0.497 e. The Kier molecular flexibility index (Phi) is 7.43. The van der Waals surface area contributed by atoms with Crippen LogP contribution in [0.5, 0.6) is 5.75 Å². The molecule has 0 aliphatic carbocycles. The van der Waals surface area contributed by atoms with Gasteiger partial charge in [-0.25, -0.2) is 4.79 Å². The van der Waals surface area contributed by atoms with E-state index < -0.39 is 12.0 Å². The van der Waals surface area contributed by atoms with Gasteiger partial charge in [-0.1, -0.05) is 32.4 Å². The van der Waals surface area contributed by atoms with Crippen molar-refractivity contribution >= 4 is 11.9 Å². The Bertz CT molecular complexity index is 484. The fraction of sp³-hybridized carbons (Fsp3) is 0.529. The van der Waals surface area contributed by atoms with Crippen molar-refractivity contribution in [3.63, 3.8) is 0 Å². The number of carboxylic acid groups (broad SMARTS) is 1. The minimum atomic E-state index is -0.974. The lowest BCUT2D eigenvalue weighted by Crippen LogP contribution is -2.44. The van der Waals surface area contributed by atoms with Crippen LogP contribution in [-0.4, -0.2) is 30.1 Å². The molecule has 1 amide bonds. The summed E-state index contributed by atoms with van der Waals surface area (Å²) in [4.78, 5) is 23.0. The van der Waals surface area contributed by atoms with Crippen molar-refractivity contribution in [2.24, 2.45) is 5.92 Å². The maximum Gasteiger partial charge on any atom is 0.326 e. The second kappa shape index (κ2) is 9.07. The summed E-state index contributed by atoms with van der Waals surface area (Å²) in [6, 6.07) is 6.90. The van der Waals surface area contributed by atoms with Crippen LogP contribution >= 0.6 is 0 Å². The number of carboxylic acids is 1. The Morgan fingerprint density at radius 1 is 1.27 bits per heavy atom. The van der Waals surface area contributed by atoms with E-state index >= 15 is 0 Å². The Labute approximate surface area is 131 Å². The van der Waals surface area contributed by atoms with Gasteiger partial charge in [-0.3, -0.25) is 4.79 Å². The molecule has 1 rings (SSSR count). The number of methoxy groups -OCH3 is 1. The predicted molar refractivity (Wildman–Crippen MR) is 85.0 cm³/mol. The summed E-state index contributed by atoms with van der Waals surface area (Å²) in [6.45, 7) is 3.74. The van der Waals surface area contributed by atoms with Crippen LogP contribution in [0.3, 0.4) is 0 Å². The van der Waals surface area contributed by atoms with E-state index in [9.17, 15) is 9.59 Å². The van der Waals surface area contributed by atoms with Crippen molar-refractivity contribution in [2.45, 2.75) is 45.6 Å². The number of aryl methyl sites for hydroxylation is 1. The van der Waals surface area contributed by atoms with Crippen LogP contribution in [0.1, 0.15) is 38.7 Å². The molecule has 0 saturated carbocycles. The molecule has 2 unspecified atom stereocenters. The van der Waals surface area contributed by atoms with Gasteiger partial charge in [0, 0.05) is 6.42 Å². The fourth-order valence-electron chi connectivity index (χ4n) is 2.17. The number of aliphatic carboxylic acids is 1. The third-order valence-corrected chi connectivity index (χ3v) is 3.82. The van der Waals surface area contributed by atoms with E-state index in [1.165, 1.54) is 0 Å². The van der Waals surface area contributed by atoms with Crippen LogP contribution in [0.2, 0.25) is 0 Å². The molecule has 1 aromatic carbocycles. The van der Waals surface area contributed by atoms with Crippen LogP contribution in [0.4, 0.5) is 0 Å². The Morgan fingerprint density at radius 2 is 1.91 bits per heavy atom. The number of hydrogen-bond acceptors (Lipinski definition) is 3. The van der Waals surface area contributed by atoms with Gasteiger partial charge in [0.15, 0.2) is 0 Å². The summed E-state index contributed by atoms with van der Waals surface area (Å²) in [7, 11) is 1.62. The summed E-state index contributed by atoms with van der Waals surface area (Å²) in [6.07, 6.45) is 2.50. The van der Waals surface area contributed by atoms with Gasteiger partial charge >= 0.3 is 5.97 Å². The number of amides is 1. The lowest BCUT2D eigenvalue weighted by atomic mass is 9.99. The monoisotopic (exact) mass is 307 g/mol. The number of nitrogens with one attached hydrogen (secondary N) is 1. The average molecular weight is 307 g/mol. The molecule has 0 aliphatic rings.